The highest BCUT2D eigenvalue weighted by Crippen LogP contribution is 2.22. The number of nitrogens with one attached hydrogen (secondary N) is 2. The number of nitro groups is 1. The molecule has 1 amide bonds. The third-order valence-corrected chi connectivity index (χ3v) is 3.31. The summed E-state index contributed by atoms with van der Waals surface area (Å²) >= 11 is 0. The molecule has 19 heavy (non-hydrogen) atoms. The highest BCUT2D eigenvalue weighted by atomic mass is 16.6. The van der Waals surface area contributed by atoms with Crippen molar-refractivity contribution in [2.24, 2.45) is 0 Å². The molecule has 1 saturated heterocycles. The van der Waals surface area contributed by atoms with E-state index in [9.17, 15) is 14.9 Å². The molecule has 2 N–H and O–H groups in total. The lowest BCUT2D eigenvalue weighted by Crippen LogP contribution is -2.45. The van der Waals surface area contributed by atoms with Gasteiger partial charge in [0.1, 0.15) is 5.56 Å². The number of amides is 1. The Hall–Kier alpha value is -1.95. The number of rotatable bonds is 3. The number of benzene rings is 1. The van der Waals surface area contributed by atoms with E-state index in [-0.39, 0.29) is 23.2 Å². The van der Waals surface area contributed by atoms with Crippen LogP contribution in [0.3, 0.4) is 0 Å². The highest BCUT2D eigenvalue weighted by molar-refractivity contribution is 5.99. The van der Waals surface area contributed by atoms with Crippen molar-refractivity contribution in [3.8, 4) is 0 Å². The summed E-state index contributed by atoms with van der Waals surface area (Å²) in [6, 6.07) is 4.70. The first-order valence-corrected chi connectivity index (χ1v) is 6.35. The summed E-state index contributed by atoms with van der Waals surface area (Å²) in [6.45, 7) is 3.38. The SMILES string of the molecule is Cc1cccc([N+](=O)[O-])c1C(=O)N[C@@H]1CCCNC1. The van der Waals surface area contributed by atoms with E-state index in [0.717, 1.165) is 19.4 Å². The first-order chi connectivity index (χ1) is 9.09. The summed E-state index contributed by atoms with van der Waals surface area (Å²) in [4.78, 5) is 22.7. The molecule has 6 nitrogen and oxygen atoms in total. The second kappa shape index (κ2) is 5.79. The van der Waals surface area contributed by atoms with E-state index in [0.29, 0.717) is 12.1 Å². The molecule has 1 aliphatic heterocycles. The maximum Gasteiger partial charge on any atom is 0.282 e. The number of carbonyl (C=O) groups excluding carboxylic acids is 1. The number of nitro benzene ring substituents is 1. The lowest BCUT2D eigenvalue weighted by atomic mass is 10.0. The van der Waals surface area contributed by atoms with Crippen molar-refractivity contribution in [1.82, 2.24) is 10.6 Å². The molecular formula is C13H17N3O3. The number of aryl methyl sites for hydroxylation is 1. The molecule has 1 aromatic rings. The van der Waals surface area contributed by atoms with Gasteiger partial charge in [0.25, 0.3) is 11.6 Å². The second-order valence-electron chi connectivity index (χ2n) is 4.74. The first-order valence-electron chi connectivity index (χ1n) is 6.35. The molecule has 6 heteroatoms. The van der Waals surface area contributed by atoms with Crippen LogP contribution < -0.4 is 10.6 Å². The van der Waals surface area contributed by atoms with Crippen molar-refractivity contribution < 1.29 is 9.72 Å². The summed E-state index contributed by atoms with van der Waals surface area (Å²) in [7, 11) is 0. The predicted octanol–water partition coefficient (Wildman–Crippen LogP) is 1.39. The smallest absolute Gasteiger partial charge is 0.282 e. The van der Waals surface area contributed by atoms with Crippen LogP contribution in [0.25, 0.3) is 0 Å². The van der Waals surface area contributed by atoms with Crippen LogP contribution in [0.15, 0.2) is 18.2 Å². The summed E-state index contributed by atoms with van der Waals surface area (Å²) in [5.41, 5.74) is 0.648. The van der Waals surface area contributed by atoms with Crippen LogP contribution in [0, 0.1) is 17.0 Å². The molecule has 1 aliphatic rings. The van der Waals surface area contributed by atoms with Crippen molar-refractivity contribution in [3.63, 3.8) is 0 Å². The maximum atomic E-state index is 12.2. The van der Waals surface area contributed by atoms with Gasteiger partial charge in [0.2, 0.25) is 0 Å². The van der Waals surface area contributed by atoms with Crippen LogP contribution in [0.5, 0.6) is 0 Å². The number of piperidine rings is 1. The van der Waals surface area contributed by atoms with Gasteiger partial charge in [-0.2, -0.15) is 0 Å². The van der Waals surface area contributed by atoms with Crippen molar-refractivity contribution in [1.29, 1.82) is 0 Å². The van der Waals surface area contributed by atoms with Gasteiger partial charge in [-0.15, -0.1) is 0 Å². The van der Waals surface area contributed by atoms with Crippen LogP contribution in [0.2, 0.25) is 0 Å². The molecule has 0 radical (unpaired) electrons. The fourth-order valence-corrected chi connectivity index (χ4v) is 2.33. The molecule has 102 valence electrons. The molecule has 0 aromatic heterocycles. The molecule has 0 spiro atoms. The Morgan fingerprint density at radius 2 is 2.32 bits per heavy atom. The van der Waals surface area contributed by atoms with Gasteiger partial charge < -0.3 is 10.6 Å². The standard InChI is InChI=1S/C13H17N3O3/c1-9-4-2-6-11(16(18)19)12(9)13(17)15-10-5-3-7-14-8-10/h2,4,6,10,14H,3,5,7-8H2,1H3,(H,15,17)/t10-/m1/s1. The predicted molar refractivity (Wildman–Crippen MR) is 71.2 cm³/mol. The minimum absolute atomic E-state index is 0.0421. The van der Waals surface area contributed by atoms with E-state index >= 15 is 0 Å². The van der Waals surface area contributed by atoms with Gasteiger partial charge in [-0.1, -0.05) is 12.1 Å². The summed E-state index contributed by atoms with van der Waals surface area (Å²) < 4.78 is 0. The van der Waals surface area contributed by atoms with E-state index < -0.39 is 4.92 Å². The summed E-state index contributed by atoms with van der Waals surface area (Å²) in [5, 5.41) is 17.0. The largest absolute Gasteiger partial charge is 0.348 e. The van der Waals surface area contributed by atoms with Gasteiger partial charge in [0, 0.05) is 18.7 Å². The monoisotopic (exact) mass is 263 g/mol. The Balaban J connectivity index is 2.20. The lowest BCUT2D eigenvalue weighted by molar-refractivity contribution is -0.385. The third kappa shape index (κ3) is 3.08. The molecule has 0 aliphatic carbocycles. The van der Waals surface area contributed by atoms with Gasteiger partial charge in [-0.3, -0.25) is 14.9 Å². The summed E-state index contributed by atoms with van der Waals surface area (Å²) in [6.07, 6.45) is 1.90. The second-order valence-corrected chi connectivity index (χ2v) is 4.74. The number of hydrogen-bond donors (Lipinski definition) is 2. The molecule has 1 aromatic carbocycles. The molecule has 1 fully saturated rings. The zero-order valence-electron chi connectivity index (χ0n) is 10.8. The zero-order chi connectivity index (χ0) is 13.8. The van der Waals surface area contributed by atoms with Gasteiger partial charge in [-0.05, 0) is 31.9 Å². The van der Waals surface area contributed by atoms with Crippen LogP contribution in [0.4, 0.5) is 5.69 Å². The number of carbonyl (C=O) groups is 1. The Labute approximate surface area is 111 Å². The normalized spacial score (nSPS) is 18.9. The van der Waals surface area contributed by atoms with Gasteiger partial charge in [-0.25, -0.2) is 0 Å². The topological polar surface area (TPSA) is 84.3 Å². The lowest BCUT2D eigenvalue weighted by Gasteiger charge is -2.24. The third-order valence-electron chi connectivity index (χ3n) is 3.31. The Morgan fingerprint density at radius 1 is 1.53 bits per heavy atom. The van der Waals surface area contributed by atoms with E-state index in [1.54, 1.807) is 19.1 Å². The van der Waals surface area contributed by atoms with Crippen molar-refractivity contribution in [2.45, 2.75) is 25.8 Å². The Bertz CT molecular complexity index is 496. The van der Waals surface area contributed by atoms with E-state index in [4.69, 9.17) is 0 Å². The average Bonchev–Trinajstić information content (AvgIpc) is 2.39. The quantitative estimate of drug-likeness (QED) is 0.637. The molecule has 0 unspecified atom stereocenters. The molecule has 1 heterocycles. The zero-order valence-corrected chi connectivity index (χ0v) is 10.8. The Morgan fingerprint density at radius 3 is 2.95 bits per heavy atom. The van der Waals surface area contributed by atoms with Crippen molar-refractivity contribution >= 4 is 11.6 Å². The van der Waals surface area contributed by atoms with Crippen LogP contribution >= 0.6 is 0 Å². The number of nitrogens with zero attached hydrogens (tertiary/aromatic N) is 1. The van der Waals surface area contributed by atoms with Gasteiger partial charge in [0.05, 0.1) is 4.92 Å². The van der Waals surface area contributed by atoms with Crippen LogP contribution in [-0.4, -0.2) is 30.0 Å². The number of hydrogen-bond acceptors (Lipinski definition) is 4. The fraction of sp³-hybridized carbons (Fsp3) is 0.462. The molecule has 0 saturated carbocycles. The summed E-state index contributed by atoms with van der Waals surface area (Å²) in [5.74, 6) is -0.362. The van der Waals surface area contributed by atoms with Crippen LogP contribution in [-0.2, 0) is 0 Å². The first kappa shape index (κ1) is 13.5. The van der Waals surface area contributed by atoms with Crippen LogP contribution in [0.1, 0.15) is 28.8 Å². The average molecular weight is 263 g/mol. The maximum absolute atomic E-state index is 12.2. The highest BCUT2D eigenvalue weighted by Gasteiger charge is 2.24. The van der Waals surface area contributed by atoms with E-state index in [1.807, 2.05) is 0 Å². The van der Waals surface area contributed by atoms with E-state index in [2.05, 4.69) is 10.6 Å². The fourth-order valence-electron chi connectivity index (χ4n) is 2.33. The van der Waals surface area contributed by atoms with E-state index in [1.165, 1.54) is 6.07 Å². The van der Waals surface area contributed by atoms with Crippen molar-refractivity contribution in [3.05, 3.63) is 39.4 Å². The molecule has 1 atom stereocenters. The van der Waals surface area contributed by atoms with Crippen molar-refractivity contribution in [2.75, 3.05) is 13.1 Å². The Kier molecular flexibility index (Phi) is 4.11. The van der Waals surface area contributed by atoms with Gasteiger partial charge >= 0.3 is 0 Å². The molecule has 2 rings (SSSR count). The molecule has 0 bridgehead atoms. The molecular weight excluding hydrogens is 246 g/mol. The minimum atomic E-state index is -0.513. The minimum Gasteiger partial charge on any atom is -0.348 e. The van der Waals surface area contributed by atoms with Gasteiger partial charge in [0.15, 0.2) is 0 Å².